The van der Waals surface area contributed by atoms with Gasteiger partial charge in [0.2, 0.25) is 0 Å². The second-order valence-electron chi connectivity index (χ2n) is 4.09. The number of Topliss-reactive ketones (excluding diaryl/α,β-unsaturated/α-hetero) is 1. The quantitative estimate of drug-likeness (QED) is 0.848. The van der Waals surface area contributed by atoms with Gasteiger partial charge in [0.1, 0.15) is 5.75 Å². The van der Waals surface area contributed by atoms with Crippen molar-refractivity contribution in [3.05, 3.63) is 29.8 Å². The van der Waals surface area contributed by atoms with E-state index in [0.29, 0.717) is 6.42 Å². The molecular formula is C12H12F3NO2. The third-order valence-corrected chi connectivity index (χ3v) is 2.73. The zero-order valence-electron chi connectivity index (χ0n) is 9.46. The third kappa shape index (κ3) is 3.22. The van der Waals surface area contributed by atoms with Crippen molar-refractivity contribution in [3.8, 4) is 5.75 Å². The molecule has 1 aromatic carbocycles. The average Bonchev–Trinajstić information content (AvgIpc) is 2.79. The van der Waals surface area contributed by atoms with E-state index in [2.05, 4.69) is 10.1 Å². The van der Waals surface area contributed by atoms with Crippen LogP contribution in [0.15, 0.2) is 24.3 Å². The molecule has 1 unspecified atom stereocenters. The van der Waals surface area contributed by atoms with Crippen molar-refractivity contribution in [2.24, 2.45) is 0 Å². The van der Waals surface area contributed by atoms with Crippen LogP contribution in [0.25, 0.3) is 0 Å². The lowest BCUT2D eigenvalue weighted by molar-refractivity contribution is -0.274. The average molecular weight is 259 g/mol. The van der Waals surface area contributed by atoms with Gasteiger partial charge in [-0.15, -0.1) is 13.2 Å². The van der Waals surface area contributed by atoms with E-state index in [1.54, 1.807) is 0 Å². The summed E-state index contributed by atoms with van der Waals surface area (Å²) in [4.78, 5) is 12.0. The molecule has 1 N–H and O–H groups in total. The molecule has 0 bridgehead atoms. The van der Waals surface area contributed by atoms with E-state index in [0.717, 1.165) is 19.0 Å². The lowest BCUT2D eigenvalue weighted by Crippen LogP contribution is -2.30. The Hall–Kier alpha value is -1.56. The molecule has 0 radical (unpaired) electrons. The highest BCUT2D eigenvalue weighted by Gasteiger charge is 2.31. The van der Waals surface area contributed by atoms with Gasteiger partial charge in [-0.2, -0.15) is 0 Å². The maximum atomic E-state index is 12.1. The zero-order valence-corrected chi connectivity index (χ0v) is 9.46. The van der Waals surface area contributed by atoms with Crippen LogP contribution in [0, 0.1) is 0 Å². The number of hydrogen-bond donors (Lipinski definition) is 1. The number of rotatable bonds is 3. The standard InChI is InChI=1S/C12H12F3NO2/c13-12(14,15)18-9-4-1-3-8(7-9)11(17)10-5-2-6-16-10/h1,3-4,7,10,16H,2,5-6H2. The fraction of sp³-hybridized carbons (Fsp3) is 0.417. The zero-order chi connectivity index (χ0) is 13.2. The number of alkyl halides is 3. The van der Waals surface area contributed by atoms with Gasteiger partial charge in [-0.05, 0) is 31.5 Å². The van der Waals surface area contributed by atoms with Gasteiger partial charge in [0.15, 0.2) is 5.78 Å². The van der Waals surface area contributed by atoms with E-state index < -0.39 is 6.36 Å². The Labute approximate surface area is 102 Å². The molecule has 1 heterocycles. The summed E-state index contributed by atoms with van der Waals surface area (Å²) in [6, 6.07) is 4.86. The summed E-state index contributed by atoms with van der Waals surface area (Å²) in [6.07, 6.45) is -3.13. The third-order valence-electron chi connectivity index (χ3n) is 2.73. The summed E-state index contributed by atoms with van der Waals surface area (Å²) < 4.78 is 39.9. The van der Waals surface area contributed by atoms with Crippen LogP contribution >= 0.6 is 0 Å². The van der Waals surface area contributed by atoms with Crippen LogP contribution in [0.2, 0.25) is 0 Å². The fourth-order valence-electron chi connectivity index (χ4n) is 1.96. The Morgan fingerprint density at radius 1 is 1.39 bits per heavy atom. The highest BCUT2D eigenvalue weighted by Crippen LogP contribution is 2.24. The Bertz CT molecular complexity index is 439. The topological polar surface area (TPSA) is 38.3 Å². The van der Waals surface area contributed by atoms with Gasteiger partial charge in [0.05, 0.1) is 6.04 Å². The second-order valence-corrected chi connectivity index (χ2v) is 4.09. The summed E-state index contributed by atoms with van der Waals surface area (Å²) >= 11 is 0. The molecule has 0 aromatic heterocycles. The highest BCUT2D eigenvalue weighted by atomic mass is 19.4. The van der Waals surface area contributed by atoms with Gasteiger partial charge in [-0.25, -0.2) is 0 Å². The molecule has 98 valence electrons. The fourth-order valence-corrected chi connectivity index (χ4v) is 1.96. The van der Waals surface area contributed by atoms with E-state index in [9.17, 15) is 18.0 Å². The van der Waals surface area contributed by atoms with E-state index in [-0.39, 0.29) is 23.1 Å². The number of carbonyl (C=O) groups excluding carboxylic acids is 1. The molecule has 1 fully saturated rings. The number of halogens is 3. The van der Waals surface area contributed by atoms with E-state index in [4.69, 9.17) is 0 Å². The number of ether oxygens (including phenoxy) is 1. The number of nitrogens with one attached hydrogen (secondary N) is 1. The largest absolute Gasteiger partial charge is 0.573 e. The Balaban J connectivity index is 2.13. The predicted octanol–water partition coefficient (Wildman–Crippen LogP) is 2.52. The molecular weight excluding hydrogens is 247 g/mol. The van der Waals surface area contributed by atoms with Gasteiger partial charge in [0, 0.05) is 5.56 Å². The minimum atomic E-state index is -4.74. The van der Waals surface area contributed by atoms with Crippen molar-refractivity contribution in [3.63, 3.8) is 0 Å². The second kappa shape index (κ2) is 4.97. The molecule has 6 heteroatoms. The SMILES string of the molecule is O=C(c1cccc(OC(F)(F)F)c1)C1CCCN1. The monoisotopic (exact) mass is 259 g/mol. The number of hydrogen-bond acceptors (Lipinski definition) is 3. The first kappa shape index (κ1) is 12.9. The van der Waals surface area contributed by atoms with Crippen LogP contribution in [-0.4, -0.2) is 24.7 Å². The molecule has 18 heavy (non-hydrogen) atoms. The van der Waals surface area contributed by atoms with Gasteiger partial charge in [-0.1, -0.05) is 12.1 Å². The first-order chi connectivity index (χ1) is 8.46. The maximum absolute atomic E-state index is 12.1. The first-order valence-corrected chi connectivity index (χ1v) is 5.59. The molecule has 1 aliphatic heterocycles. The minimum absolute atomic E-state index is 0.194. The van der Waals surface area contributed by atoms with Gasteiger partial charge in [-0.3, -0.25) is 4.79 Å². The van der Waals surface area contributed by atoms with Crippen molar-refractivity contribution in [2.75, 3.05) is 6.54 Å². The molecule has 0 aliphatic carbocycles. The lowest BCUT2D eigenvalue weighted by Gasteiger charge is -2.12. The summed E-state index contributed by atoms with van der Waals surface area (Å²) in [7, 11) is 0. The minimum Gasteiger partial charge on any atom is -0.406 e. The molecule has 3 nitrogen and oxygen atoms in total. The van der Waals surface area contributed by atoms with Gasteiger partial charge in [0.25, 0.3) is 0 Å². The smallest absolute Gasteiger partial charge is 0.406 e. The van der Waals surface area contributed by atoms with E-state index >= 15 is 0 Å². The summed E-state index contributed by atoms with van der Waals surface area (Å²) in [5.41, 5.74) is 0.233. The molecule has 1 saturated heterocycles. The molecule has 1 atom stereocenters. The maximum Gasteiger partial charge on any atom is 0.573 e. The summed E-state index contributed by atoms with van der Waals surface area (Å²) in [5, 5.41) is 3.01. The Kier molecular flexibility index (Phi) is 3.56. The normalized spacial score (nSPS) is 19.8. The van der Waals surface area contributed by atoms with Crippen LogP contribution in [0.4, 0.5) is 13.2 Å². The van der Waals surface area contributed by atoms with Crippen LogP contribution in [0.5, 0.6) is 5.75 Å². The van der Waals surface area contributed by atoms with Crippen LogP contribution < -0.4 is 10.1 Å². The van der Waals surface area contributed by atoms with Gasteiger partial charge >= 0.3 is 6.36 Å². The van der Waals surface area contributed by atoms with Crippen molar-refractivity contribution >= 4 is 5.78 Å². The summed E-state index contributed by atoms with van der Waals surface area (Å²) in [5.74, 6) is -0.563. The molecule has 1 aromatic rings. The van der Waals surface area contributed by atoms with E-state index in [1.165, 1.54) is 18.2 Å². The van der Waals surface area contributed by atoms with Crippen LogP contribution in [0.1, 0.15) is 23.2 Å². The molecule has 0 spiro atoms. The molecule has 1 aliphatic rings. The number of benzene rings is 1. The van der Waals surface area contributed by atoms with Gasteiger partial charge < -0.3 is 10.1 Å². The van der Waals surface area contributed by atoms with Crippen molar-refractivity contribution < 1.29 is 22.7 Å². The Morgan fingerprint density at radius 2 is 2.17 bits per heavy atom. The van der Waals surface area contributed by atoms with Crippen LogP contribution in [0.3, 0.4) is 0 Å². The highest BCUT2D eigenvalue weighted by molar-refractivity contribution is 6.00. The van der Waals surface area contributed by atoms with Crippen molar-refractivity contribution in [2.45, 2.75) is 25.2 Å². The van der Waals surface area contributed by atoms with Crippen molar-refractivity contribution in [1.82, 2.24) is 5.32 Å². The molecule has 0 saturated carbocycles. The lowest BCUT2D eigenvalue weighted by atomic mass is 10.0. The first-order valence-electron chi connectivity index (χ1n) is 5.59. The van der Waals surface area contributed by atoms with Crippen LogP contribution in [-0.2, 0) is 0 Å². The summed E-state index contributed by atoms with van der Waals surface area (Å²) in [6.45, 7) is 0.759. The Morgan fingerprint density at radius 3 is 2.78 bits per heavy atom. The number of ketones is 1. The molecule has 2 rings (SSSR count). The predicted molar refractivity (Wildman–Crippen MR) is 58.5 cm³/mol. The van der Waals surface area contributed by atoms with E-state index in [1.807, 2.05) is 0 Å². The van der Waals surface area contributed by atoms with Crippen molar-refractivity contribution in [1.29, 1.82) is 0 Å². The molecule has 0 amide bonds. The number of carbonyl (C=O) groups is 1.